The molecular formula is C11H14FNO2. The van der Waals surface area contributed by atoms with Crippen LogP contribution in [-0.2, 0) is 11.4 Å². The molecule has 0 saturated carbocycles. The number of benzene rings is 1. The van der Waals surface area contributed by atoms with E-state index in [2.05, 4.69) is 5.32 Å². The van der Waals surface area contributed by atoms with Crippen LogP contribution in [0.25, 0.3) is 0 Å². The summed E-state index contributed by atoms with van der Waals surface area (Å²) in [4.78, 5) is 0. The monoisotopic (exact) mass is 211 g/mol. The van der Waals surface area contributed by atoms with Gasteiger partial charge in [-0.1, -0.05) is 6.07 Å². The summed E-state index contributed by atoms with van der Waals surface area (Å²) < 4.78 is 18.0. The smallest absolute Gasteiger partial charge is 0.121 e. The van der Waals surface area contributed by atoms with Crippen molar-refractivity contribution >= 4 is 0 Å². The van der Waals surface area contributed by atoms with Crippen LogP contribution in [0, 0.1) is 0 Å². The van der Waals surface area contributed by atoms with Crippen LogP contribution in [0.4, 0.5) is 4.39 Å². The highest BCUT2D eigenvalue weighted by molar-refractivity contribution is 5.38. The lowest BCUT2D eigenvalue weighted by Gasteiger charge is -2.24. The maximum Gasteiger partial charge on any atom is 0.121 e. The zero-order chi connectivity index (χ0) is 10.7. The van der Waals surface area contributed by atoms with Crippen molar-refractivity contribution in [1.82, 2.24) is 5.32 Å². The van der Waals surface area contributed by atoms with Crippen LogP contribution in [0.5, 0.6) is 5.75 Å². The average Bonchev–Trinajstić information content (AvgIpc) is 2.31. The summed E-state index contributed by atoms with van der Waals surface area (Å²) in [7, 11) is 0. The molecule has 1 aliphatic heterocycles. The molecule has 2 rings (SSSR count). The fourth-order valence-electron chi connectivity index (χ4n) is 1.71. The average molecular weight is 211 g/mol. The topological polar surface area (TPSA) is 41.5 Å². The highest BCUT2D eigenvalue weighted by Gasteiger charge is 2.19. The lowest BCUT2D eigenvalue weighted by atomic mass is 10.0. The molecule has 15 heavy (non-hydrogen) atoms. The van der Waals surface area contributed by atoms with Crippen molar-refractivity contribution in [1.29, 1.82) is 0 Å². The Hall–Kier alpha value is -1.13. The summed E-state index contributed by atoms with van der Waals surface area (Å²) >= 11 is 0. The van der Waals surface area contributed by atoms with Crippen LogP contribution in [0.15, 0.2) is 18.2 Å². The van der Waals surface area contributed by atoms with Crippen molar-refractivity contribution in [2.45, 2.75) is 12.8 Å². The molecule has 2 N–H and O–H groups in total. The second kappa shape index (κ2) is 4.59. The fraction of sp³-hybridized carbons (Fsp3) is 0.455. The van der Waals surface area contributed by atoms with Gasteiger partial charge in [0.1, 0.15) is 12.4 Å². The number of hydrogen-bond donors (Lipinski definition) is 2. The second-order valence-electron chi connectivity index (χ2n) is 3.59. The predicted octanol–water partition coefficient (Wildman–Crippen LogP) is 1.52. The number of nitrogens with one attached hydrogen (secondary N) is 1. The molecule has 1 saturated heterocycles. The van der Waals surface area contributed by atoms with Crippen molar-refractivity contribution in [3.63, 3.8) is 0 Å². The Kier molecular flexibility index (Phi) is 3.18. The standard InChI is InChI=1S/C11H14FNO2/c12-6-8-1-2-10(14)9(5-8)11-7-13-3-4-15-11/h1-2,5,11,13-14H,3-4,6-7H2. The third kappa shape index (κ3) is 2.27. The molecule has 0 aliphatic carbocycles. The van der Waals surface area contributed by atoms with E-state index < -0.39 is 6.67 Å². The lowest BCUT2D eigenvalue weighted by molar-refractivity contribution is 0.0262. The Morgan fingerprint density at radius 2 is 2.40 bits per heavy atom. The fourth-order valence-corrected chi connectivity index (χ4v) is 1.71. The highest BCUT2D eigenvalue weighted by Crippen LogP contribution is 2.28. The van der Waals surface area contributed by atoms with Crippen molar-refractivity contribution in [3.05, 3.63) is 29.3 Å². The third-order valence-electron chi connectivity index (χ3n) is 2.52. The molecule has 3 nitrogen and oxygen atoms in total. The van der Waals surface area contributed by atoms with Gasteiger partial charge in [-0.05, 0) is 17.7 Å². The molecule has 0 aromatic heterocycles. The Balaban J connectivity index is 2.24. The lowest BCUT2D eigenvalue weighted by Crippen LogP contribution is -2.33. The number of ether oxygens (including phenoxy) is 1. The minimum Gasteiger partial charge on any atom is -0.508 e. The number of aromatic hydroxyl groups is 1. The SMILES string of the molecule is Oc1ccc(CF)cc1C1CNCCO1. The van der Waals surface area contributed by atoms with E-state index in [1.807, 2.05) is 0 Å². The number of phenolic OH excluding ortho intramolecular Hbond substituents is 1. The van der Waals surface area contributed by atoms with E-state index in [0.717, 1.165) is 6.54 Å². The van der Waals surface area contributed by atoms with E-state index >= 15 is 0 Å². The van der Waals surface area contributed by atoms with E-state index in [1.165, 1.54) is 6.07 Å². The zero-order valence-electron chi connectivity index (χ0n) is 8.37. The Morgan fingerprint density at radius 3 is 3.07 bits per heavy atom. The van der Waals surface area contributed by atoms with Crippen molar-refractivity contribution in [2.24, 2.45) is 0 Å². The van der Waals surface area contributed by atoms with E-state index in [4.69, 9.17) is 4.74 Å². The molecule has 4 heteroatoms. The zero-order valence-corrected chi connectivity index (χ0v) is 8.37. The number of phenols is 1. The molecule has 82 valence electrons. The van der Waals surface area contributed by atoms with Gasteiger partial charge in [-0.3, -0.25) is 0 Å². The molecule has 0 radical (unpaired) electrons. The summed E-state index contributed by atoms with van der Waals surface area (Å²) in [6.07, 6.45) is -0.176. The molecule has 0 bridgehead atoms. The first-order chi connectivity index (χ1) is 7.31. The molecule has 1 heterocycles. The van der Waals surface area contributed by atoms with E-state index in [1.54, 1.807) is 12.1 Å². The van der Waals surface area contributed by atoms with Crippen LogP contribution in [0.3, 0.4) is 0 Å². The van der Waals surface area contributed by atoms with E-state index in [-0.39, 0.29) is 11.9 Å². The molecule has 1 aromatic carbocycles. The van der Waals surface area contributed by atoms with Gasteiger partial charge in [0.2, 0.25) is 0 Å². The first kappa shape index (κ1) is 10.4. The Labute approximate surface area is 87.9 Å². The molecule has 1 aliphatic rings. The summed E-state index contributed by atoms with van der Waals surface area (Å²) in [5.41, 5.74) is 1.23. The Bertz CT molecular complexity index is 337. The number of halogens is 1. The van der Waals surface area contributed by atoms with Gasteiger partial charge in [0.05, 0.1) is 12.7 Å². The van der Waals surface area contributed by atoms with Crippen LogP contribution in [0.1, 0.15) is 17.2 Å². The van der Waals surface area contributed by atoms with Crippen LogP contribution in [-0.4, -0.2) is 24.8 Å². The second-order valence-corrected chi connectivity index (χ2v) is 3.59. The maximum absolute atomic E-state index is 12.5. The number of alkyl halides is 1. The van der Waals surface area contributed by atoms with Gasteiger partial charge >= 0.3 is 0 Å². The summed E-state index contributed by atoms with van der Waals surface area (Å²) in [5.74, 6) is 0.167. The summed E-state index contributed by atoms with van der Waals surface area (Å²) in [6.45, 7) is 1.57. The molecular weight excluding hydrogens is 197 g/mol. The third-order valence-corrected chi connectivity index (χ3v) is 2.52. The first-order valence-corrected chi connectivity index (χ1v) is 5.01. The number of hydrogen-bond acceptors (Lipinski definition) is 3. The number of morpholine rings is 1. The van der Waals surface area contributed by atoms with Gasteiger partial charge in [-0.15, -0.1) is 0 Å². The number of rotatable bonds is 2. The van der Waals surface area contributed by atoms with Gasteiger partial charge in [0.25, 0.3) is 0 Å². The molecule has 0 spiro atoms. The van der Waals surface area contributed by atoms with E-state index in [9.17, 15) is 9.50 Å². The normalized spacial score (nSPS) is 21.5. The van der Waals surface area contributed by atoms with Gasteiger partial charge in [0, 0.05) is 18.7 Å². The molecule has 1 unspecified atom stereocenters. The minimum atomic E-state index is -0.520. The maximum atomic E-state index is 12.5. The van der Waals surface area contributed by atoms with Crippen molar-refractivity contribution in [3.8, 4) is 5.75 Å². The summed E-state index contributed by atoms with van der Waals surface area (Å²) in [6, 6.07) is 4.75. The van der Waals surface area contributed by atoms with Gasteiger partial charge in [-0.25, -0.2) is 4.39 Å². The van der Waals surface area contributed by atoms with Crippen molar-refractivity contribution in [2.75, 3.05) is 19.7 Å². The van der Waals surface area contributed by atoms with Gasteiger partial charge in [0.15, 0.2) is 0 Å². The van der Waals surface area contributed by atoms with Crippen molar-refractivity contribution < 1.29 is 14.2 Å². The molecule has 1 fully saturated rings. The van der Waals surface area contributed by atoms with Gasteiger partial charge < -0.3 is 15.2 Å². The van der Waals surface area contributed by atoms with Crippen LogP contribution in [0.2, 0.25) is 0 Å². The quantitative estimate of drug-likeness (QED) is 0.779. The Morgan fingerprint density at radius 1 is 1.53 bits per heavy atom. The predicted molar refractivity (Wildman–Crippen MR) is 54.5 cm³/mol. The molecule has 1 aromatic rings. The van der Waals surface area contributed by atoms with E-state index in [0.29, 0.717) is 24.3 Å². The first-order valence-electron chi connectivity index (χ1n) is 5.01. The van der Waals surface area contributed by atoms with Gasteiger partial charge in [-0.2, -0.15) is 0 Å². The van der Waals surface area contributed by atoms with Crippen LogP contribution < -0.4 is 5.32 Å². The largest absolute Gasteiger partial charge is 0.508 e. The summed E-state index contributed by atoms with van der Waals surface area (Å²) in [5, 5.41) is 12.8. The minimum absolute atomic E-state index is 0.167. The van der Waals surface area contributed by atoms with Crippen LogP contribution >= 0.6 is 0 Å². The molecule has 0 amide bonds. The highest BCUT2D eigenvalue weighted by atomic mass is 19.1. The molecule has 1 atom stereocenters.